The van der Waals surface area contributed by atoms with Gasteiger partial charge in [-0.15, -0.1) is 0 Å². The molecule has 0 aromatic carbocycles. The largest absolute Gasteiger partial charge is 0.312 e. The Labute approximate surface area is 83.7 Å². The van der Waals surface area contributed by atoms with Crippen LogP contribution >= 0.6 is 15.9 Å². The molecule has 0 unspecified atom stereocenters. The SMILES string of the molecule is C=C(Br)CNCC1(CCC)CC1. The van der Waals surface area contributed by atoms with Gasteiger partial charge < -0.3 is 5.32 Å². The Balaban J connectivity index is 2.09. The van der Waals surface area contributed by atoms with E-state index in [-0.39, 0.29) is 0 Å². The van der Waals surface area contributed by atoms with Gasteiger partial charge in [0.15, 0.2) is 0 Å². The van der Waals surface area contributed by atoms with Gasteiger partial charge in [-0.05, 0) is 24.7 Å². The first-order valence-electron chi connectivity index (χ1n) is 4.72. The van der Waals surface area contributed by atoms with Gasteiger partial charge in [-0.2, -0.15) is 0 Å². The van der Waals surface area contributed by atoms with E-state index in [0.717, 1.165) is 11.0 Å². The average Bonchev–Trinajstić information content (AvgIpc) is 2.69. The molecule has 1 fully saturated rings. The van der Waals surface area contributed by atoms with Crippen LogP contribution in [0.2, 0.25) is 0 Å². The standard InChI is InChI=1S/C10H18BrN/c1-3-4-10(5-6-10)8-12-7-9(2)11/h12H,2-8H2,1H3. The van der Waals surface area contributed by atoms with Crippen LogP contribution in [0.5, 0.6) is 0 Å². The molecule has 0 radical (unpaired) electrons. The van der Waals surface area contributed by atoms with Gasteiger partial charge in [0.25, 0.3) is 0 Å². The number of hydrogen-bond acceptors (Lipinski definition) is 1. The molecule has 0 aromatic rings. The van der Waals surface area contributed by atoms with E-state index < -0.39 is 0 Å². The van der Waals surface area contributed by atoms with Crippen LogP contribution in [0.4, 0.5) is 0 Å². The number of rotatable bonds is 6. The predicted octanol–water partition coefficient (Wildman–Crippen LogP) is 3.06. The van der Waals surface area contributed by atoms with Crippen LogP contribution < -0.4 is 5.32 Å². The van der Waals surface area contributed by atoms with Crippen molar-refractivity contribution in [1.82, 2.24) is 5.32 Å². The van der Waals surface area contributed by atoms with Crippen LogP contribution in [-0.4, -0.2) is 13.1 Å². The maximum atomic E-state index is 3.80. The quantitative estimate of drug-likeness (QED) is 0.742. The molecule has 0 bridgehead atoms. The lowest BCUT2D eigenvalue weighted by Crippen LogP contribution is -2.24. The third-order valence-electron chi connectivity index (χ3n) is 2.55. The number of nitrogens with one attached hydrogen (secondary N) is 1. The predicted molar refractivity (Wildman–Crippen MR) is 57.5 cm³/mol. The van der Waals surface area contributed by atoms with Crippen LogP contribution in [0, 0.1) is 5.41 Å². The van der Waals surface area contributed by atoms with Crippen LogP contribution in [0.1, 0.15) is 32.6 Å². The molecule has 0 aliphatic heterocycles. The molecule has 12 heavy (non-hydrogen) atoms. The Morgan fingerprint density at radius 3 is 2.67 bits per heavy atom. The van der Waals surface area contributed by atoms with E-state index in [0.29, 0.717) is 5.41 Å². The zero-order valence-electron chi connectivity index (χ0n) is 7.83. The Kier molecular flexibility index (Phi) is 3.78. The second-order valence-electron chi connectivity index (χ2n) is 3.87. The second kappa shape index (κ2) is 4.43. The van der Waals surface area contributed by atoms with E-state index in [1.807, 2.05) is 0 Å². The van der Waals surface area contributed by atoms with Crippen molar-refractivity contribution in [2.75, 3.05) is 13.1 Å². The third kappa shape index (κ3) is 3.28. The molecular formula is C10H18BrN. The van der Waals surface area contributed by atoms with Gasteiger partial charge in [0.1, 0.15) is 0 Å². The van der Waals surface area contributed by atoms with Gasteiger partial charge in [-0.1, -0.05) is 35.9 Å². The second-order valence-corrected chi connectivity index (χ2v) is 4.99. The van der Waals surface area contributed by atoms with E-state index in [1.54, 1.807) is 0 Å². The first kappa shape index (κ1) is 10.3. The normalized spacial score (nSPS) is 19.2. The van der Waals surface area contributed by atoms with Crippen molar-refractivity contribution >= 4 is 15.9 Å². The lowest BCUT2D eigenvalue weighted by Gasteiger charge is -2.14. The molecule has 1 saturated carbocycles. The molecule has 0 spiro atoms. The van der Waals surface area contributed by atoms with Gasteiger partial charge >= 0.3 is 0 Å². The topological polar surface area (TPSA) is 12.0 Å². The van der Waals surface area contributed by atoms with E-state index >= 15 is 0 Å². The molecule has 2 heteroatoms. The van der Waals surface area contributed by atoms with Gasteiger partial charge in [0.2, 0.25) is 0 Å². The number of halogens is 1. The molecule has 0 heterocycles. The minimum atomic E-state index is 0.664. The molecule has 1 nitrogen and oxygen atoms in total. The fourth-order valence-electron chi connectivity index (χ4n) is 1.69. The molecule has 1 rings (SSSR count). The summed E-state index contributed by atoms with van der Waals surface area (Å²) in [5.41, 5.74) is 0.664. The zero-order valence-corrected chi connectivity index (χ0v) is 9.41. The van der Waals surface area contributed by atoms with Gasteiger partial charge in [-0.25, -0.2) is 0 Å². The van der Waals surface area contributed by atoms with Crippen LogP contribution in [-0.2, 0) is 0 Å². The van der Waals surface area contributed by atoms with Gasteiger partial charge in [0, 0.05) is 17.6 Å². The first-order valence-corrected chi connectivity index (χ1v) is 5.52. The van der Waals surface area contributed by atoms with E-state index in [9.17, 15) is 0 Å². The molecule has 0 saturated heterocycles. The van der Waals surface area contributed by atoms with Crippen molar-refractivity contribution < 1.29 is 0 Å². The smallest absolute Gasteiger partial charge is 0.0265 e. The Morgan fingerprint density at radius 2 is 2.25 bits per heavy atom. The molecule has 0 atom stereocenters. The van der Waals surface area contributed by atoms with Crippen LogP contribution in [0.25, 0.3) is 0 Å². The lowest BCUT2D eigenvalue weighted by molar-refractivity contribution is 0.431. The molecule has 1 N–H and O–H groups in total. The summed E-state index contributed by atoms with van der Waals surface area (Å²) >= 11 is 3.34. The lowest BCUT2D eigenvalue weighted by atomic mass is 10.0. The highest BCUT2D eigenvalue weighted by atomic mass is 79.9. The summed E-state index contributed by atoms with van der Waals surface area (Å²) in [6.07, 6.45) is 5.54. The number of hydrogen-bond donors (Lipinski definition) is 1. The Morgan fingerprint density at radius 1 is 1.58 bits per heavy atom. The summed E-state index contributed by atoms with van der Waals surface area (Å²) in [7, 11) is 0. The van der Waals surface area contributed by atoms with Crippen molar-refractivity contribution in [3.05, 3.63) is 11.1 Å². The maximum absolute atomic E-state index is 3.80. The molecule has 70 valence electrons. The fraction of sp³-hybridized carbons (Fsp3) is 0.800. The monoisotopic (exact) mass is 231 g/mol. The fourth-order valence-corrected chi connectivity index (χ4v) is 1.88. The summed E-state index contributed by atoms with van der Waals surface area (Å²) in [6, 6.07) is 0. The molecular weight excluding hydrogens is 214 g/mol. The molecule has 1 aliphatic carbocycles. The first-order chi connectivity index (χ1) is 5.68. The summed E-state index contributed by atoms with van der Waals surface area (Å²) < 4.78 is 1.05. The van der Waals surface area contributed by atoms with Crippen molar-refractivity contribution in [2.24, 2.45) is 5.41 Å². The summed E-state index contributed by atoms with van der Waals surface area (Å²) in [5.74, 6) is 0. The van der Waals surface area contributed by atoms with Crippen LogP contribution in [0.15, 0.2) is 11.1 Å². The third-order valence-corrected chi connectivity index (χ3v) is 2.83. The summed E-state index contributed by atoms with van der Waals surface area (Å²) in [6.45, 7) is 8.14. The molecule has 0 aromatic heterocycles. The maximum Gasteiger partial charge on any atom is 0.0265 e. The molecule has 0 amide bonds. The van der Waals surface area contributed by atoms with Crippen molar-refractivity contribution in [3.8, 4) is 0 Å². The highest BCUT2D eigenvalue weighted by Gasteiger charge is 2.40. The van der Waals surface area contributed by atoms with Crippen molar-refractivity contribution in [3.63, 3.8) is 0 Å². The Hall–Kier alpha value is 0.180. The minimum absolute atomic E-state index is 0.664. The minimum Gasteiger partial charge on any atom is -0.312 e. The van der Waals surface area contributed by atoms with E-state index in [4.69, 9.17) is 0 Å². The summed E-state index contributed by atoms with van der Waals surface area (Å²) in [5, 5.41) is 3.43. The average molecular weight is 232 g/mol. The highest BCUT2D eigenvalue weighted by molar-refractivity contribution is 9.11. The van der Waals surface area contributed by atoms with E-state index in [2.05, 4.69) is 34.7 Å². The summed E-state index contributed by atoms with van der Waals surface area (Å²) in [4.78, 5) is 0. The van der Waals surface area contributed by atoms with Gasteiger partial charge in [0.05, 0.1) is 0 Å². The van der Waals surface area contributed by atoms with E-state index in [1.165, 1.54) is 32.2 Å². The van der Waals surface area contributed by atoms with Gasteiger partial charge in [-0.3, -0.25) is 0 Å². The highest BCUT2D eigenvalue weighted by Crippen LogP contribution is 2.48. The van der Waals surface area contributed by atoms with Crippen molar-refractivity contribution in [2.45, 2.75) is 32.6 Å². The Bertz CT molecular complexity index is 161. The zero-order chi connectivity index (χ0) is 9.03. The van der Waals surface area contributed by atoms with Crippen LogP contribution in [0.3, 0.4) is 0 Å². The molecule has 1 aliphatic rings. The van der Waals surface area contributed by atoms with Crippen molar-refractivity contribution in [1.29, 1.82) is 0 Å².